The van der Waals surface area contributed by atoms with Crippen molar-refractivity contribution < 1.29 is 58.2 Å². The van der Waals surface area contributed by atoms with E-state index in [0.29, 0.717) is 63.4 Å². The van der Waals surface area contributed by atoms with Gasteiger partial charge in [-0.3, -0.25) is 19.2 Å². The molecule has 0 aromatic heterocycles. The van der Waals surface area contributed by atoms with Crippen molar-refractivity contribution in [2.24, 2.45) is 35.5 Å². The van der Waals surface area contributed by atoms with Crippen molar-refractivity contribution in [2.75, 3.05) is 20.8 Å². The third kappa shape index (κ3) is 14.1. The number of nitrogens with zero attached hydrogens (tertiary/aromatic N) is 1. The molecule has 1 aliphatic carbocycles. The molecule has 2 saturated heterocycles. The van der Waals surface area contributed by atoms with E-state index in [1.807, 2.05) is 58.1 Å². The molecule has 2 bridgehead atoms. The van der Waals surface area contributed by atoms with Gasteiger partial charge < -0.3 is 39.2 Å². The summed E-state index contributed by atoms with van der Waals surface area (Å²) in [6.07, 6.45) is 13.2. The van der Waals surface area contributed by atoms with E-state index >= 15 is 0 Å². The Hall–Kier alpha value is -3.33. The standard InChI is InChI=1S/C50H77NO12/c1-30-15-11-10-12-16-31(2)42(60-8)28-39-23-18-36(7)50(59,63-39)47(56)48(57)51-24-14-13-17-40(51)49(58)62-43(33(4)27-37-19-21-38(52)22-20-37)29-41(53)32(3)26-35(6)45(55)46(61-9)44(54)34(5)25-30/h10-12,15-16,26,30,33-40,42-43,45-46,52,55,59H,13-14,17-25,27-29H2,1-9H3/b12-10?,15-11?,31-16?,32-26+. The minimum atomic E-state index is -2.42. The molecule has 4 rings (SSSR count). The molecule has 0 aromatic carbocycles. The molecule has 1 saturated carbocycles. The quantitative estimate of drug-likeness (QED) is 0.200. The fraction of sp³-hybridized carbons (Fsp3) is 0.740. The normalized spacial score (nSPS) is 38.3. The van der Waals surface area contributed by atoms with Crippen molar-refractivity contribution in [1.29, 1.82) is 0 Å². The maximum atomic E-state index is 14.3. The van der Waals surface area contributed by atoms with Crippen molar-refractivity contribution in [3.8, 4) is 0 Å². The summed E-state index contributed by atoms with van der Waals surface area (Å²) in [7, 11) is 2.97. The van der Waals surface area contributed by atoms with Gasteiger partial charge in [0.1, 0.15) is 18.2 Å². The predicted molar refractivity (Wildman–Crippen MR) is 239 cm³/mol. The zero-order valence-corrected chi connectivity index (χ0v) is 39.3. The van der Waals surface area contributed by atoms with Crippen LogP contribution in [0.3, 0.4) is 0 Å². The number of allylic oxidation sites excluding steroid dienone is 6. The van der Waals surface area contributed by atoms with Crippen LogP contribution in [0.15, 0.2) is 47.6 Å². The number of fused-ring (bicyclic) bond motifs is 3. The molecule has 0 aromatic rings. The highest BCUT2D eigenvalue weighted by atomic mass is 16.6. The summed E-state index contributed by atoms with van der Waals surface area (Å²) in [6, 6.07) is -1.12. The second-order valence-electron chi connectivity index (χ2n) is 19.3. The molecule has 0 radical (unpaired) electrons. The maximum absolute atomic E-state index is 14.3. The van der Waals surface area contributed by atoms with Crippen molar-refractivity contribution in [1.82, 2.24) is 4.90 Å². The molecule has 3 aliphatic heterocycles. The lowest BCUT2D eigenvalue weighted by atomic mass is 9.80. The first kappa shape index (κ1) is 52.3. The first-order valence-corrected chi connectivity index (χ1v) is 23.5. The highest BCUT2D eigenvalue weighted by Gasteiger charge is 2.53. The first-order chi connectivity index (χ1) is 29.8. The lowest BCUT2D eigenvalue weighted by Crippen LogP contribution is -2.61. The monoisotopic (exact) mass is 884 g/mol. The summed E-state index contributed by atoms with van der Waals surface area (Å²) in [4.78, 5) is 71.5. The molecule has 4 aliphatic rings. The van der Waals surface area contributed by atoms with Crippen LogP contribution in [-0.2, 0) is 42.9 Å². The molecule has 13 heteroatoms. The second-order valence-corrected chi connectivity index (χ2v) is 19.3. The number of carbonyl (C=O) groups excluding carboxylic acids is 5. The summed E-state index contributed by atoms with van der Waals surface area (Å²) in [5.74, 6) is -7.58. The van der Waals surface area contributed by atoms with Gasteiger partial charge in [-0.15, -0.1) is 0 Å². The predicted octanol–water partition coefficient (Wildman–Crippen LogP) is 6.56. The van der Waals surface area contributed by atoms with Crippen molar-refractivity contribution >= 4 is 29.2 Å². The topological polar surface area (TPSA) is 186 Å². The number of hydrogen-bond donors (Lipinski definition) is 3. The zero-order chi connectivity index (χ0) is 46.6. The summed E-state index contributed by atoms with van der Waals surface area (Å²) < 4.78 is 23.8. The van der Waals surface area contributed by atoms with Crippen molar-refractivity contribution in [3.05, 3.63) is 47.6 Å². The van der Waals surface area contributed by atoms with Gasteiger partial charge in [-0.2, -0.15) is 0 Å². The number of methoxy groups -OCH3 is 2. The molecule has 12 unspecified atom stereocenters. The second kappa shape index (κ2) is 24.3. The van der Waals surface area contributed by atoms with Gasteiger partial charge in [-0.1, -0.05) is 71.1 Å². The molecule has 13 nitrogen and oxygen atoms in total. The van der Waals surface area contributed by atoms with Crippen LogP contribution in [-0.4, -0.2) is 119 Å². The van der Waals surface area contributed by atoms with E-state index in [0.717, 1.165) is 18.4 Å². The van der Waals surface area contributed by atoms with Gasteiger partial charge in [0.2, 0.25) is 5.79 Å². The average molecular weight is 884 g/mol. The van der Waals surface area contributed by atoms with Crippen molar-refractivity contribution in [2.45, 2.75) is 180 Å². The highest BCUT2D eigenvalue weighted by Crippen LogP contribution is 2.37. The Morgan fingerprint density at radius 2 is 1.57 bits per heavy atom. The Labute approximate surface area is 375 Å². The number of aliphatic hydroxyl groups excluding tert-OH is 2. The number of cyclic esters (lactones) is 1. The number of rotatable bonds is 5. The molecular weight excluding hydrogens is 807 g/mol. The van der Waals surface area contributed by atoms with Crippen LogP contribution in [0.5, 0.6) is 0 Å². The first-order valence-electron chi connectivity index (χ1n) is 23.5. The molecule has 3 fully saturated rings. The Morgan fingerprint density at radius 3 is 2.24 bits per heavy atom. The fourth-order valence-corrected chi connectivity index (χ4v) is 9.85. The Balaban J connectivity index is 1.69. The minimum absolute atomic E-state index is 0.0300. The van der Waals surface area contributed by atoms with E-state index in [-0.39, 0.29) is 54.8 Å². The number of piperidine rings is 1. The van der Waals surface area contributed by atoms with E-state index < -0.39 is 77.8 Å². The maximum Gasteiger partial charge on any atom is 0.329 e. The fourth-order valence-electron chi connectivity index (χ4n) is 9.85. The van der Waals surface area contributed by atoms with Crippen LogP contribution in [0.4, 0.5) is 0 Å². The summed E-state index contributed by atoms with van der Waals surface area (Å²) in [5, 5.41) is 33.5. The molecular formula is C50H77NO12. The molecule has 1 amide bonds. The number of ketones is 3. The third-order valence-electron chi connectivity index (χ3n) is 14.1. The van der Waals surface area contributed by atoms with Crippen LogP contribution in [0.2, 0.25) is 0 Å². The SMILES string of the molecule is COC1CC2CCC(C)C(O)(O2)C(=O)C(=O)N2CCCCC2C(=O)OC(C(C)CC2CCC(O)CC2)CC(=O)/C(C)=C/C(C)C(O)C(OC)C(=O)C(C)CC(C)C=CC=CC=C1C. The van der Waals surface area contributed by atoms with E-state index in [1.54, 1.807) is 34.0 Å². The van der Waals surface area contributed by atoms with Crippen LogP contribution >= 0.6 is 0 Å². The Kier molecular flexibility index (Phi) is 20.1. The highest BCUT2D eigenvalue weighted by molar-refractivity contribution is 6.39. The number of ether oxygens (including phenoxy) is 4. The number of hydrogen-bond acceptors (Lipinski definition) is 12. The number of carbonyl (C=O) groups is 5. The van der Waals surface area contributed by atoms with Gasteiger partial charge in [0.15, 0.2) is 11.6 Å². The van der Waals surface area contributed by atoms with Gasteiger partial charge in [0, 0.05) is 51.4 Å². The minimum Gasteiger partial charge on any atom is -0.460 e. The molecule has 12 atom stereocenters. The zero-order valence-electron chi connectivity index (χ0n) is 39.3. The van der Waals surface area contributed by atoms with E-state index in [4.69, 9.17) is 18.9 Å². The van der Waals surface area contributed by atoms with E-state index in [2.05, 4.69) is 0 Å². The summed E-state index contributed by atoms with van der Waals surface area (Å²) in [6.45, 7) is 12.8. The third-order valence-corrected chi connectivity index (χ3v) is 14.1. The van der Waals surface area contributed by atoms with E-state index in [1.165, 1.54) is 12.0 Å². The summed E-state index contributed by atoms with van der Waals surface area (Å²) in [5.41, 5.74) is 1.22. The molecule has 3 heterocycles. The van der Waals surface area contributed by atoms with E-state index in [9.17, 15) is 39.3 Å². The van der Waals surface area contributed by atoms with Gasteiger partial charge >= 0.3 is 5.97 Å². The molecule has 354 valence electrons. The van der Waals surface area contributed by atoms with Crippen LogP contribution in [0.1, 0.15) is 132 Å². The Morgan fingerprint density at radius 1 is 0.873 bits per heavy atom. The lowest BCUT2D eigenvalue weighted by molar-refractivity contribution is -0.265. The lowest BCUT2D eigenvalue weighted by Gasteiger charge is -2.42. The molecule has 3 N–H and O–H groups in total. The largest absolute Gasteiger partial charge is 0.460 e. The van der Waals surface area contributed by atoms with Gasteiger partial charge in [-0.05, 0) is 113 Å². The molecule has 0 spiro atoms. The van der Waals surface area contributed by atoms with Gasteiger partial charge in [0.25, 0.3) is 11.7 Å². The molecule has 63 heavy (non-hydrogen) atoms. The van der Waals surface area contributed by atoms with Crippen LogP contribution in [0.25, 0.3) is 0 Å². The summed E-state index contributed by atoms with van der Waals surface area (Å²) >= 11 is 0. The Bertz CT molecular complexity index is 1690. The number of esters is 1. The van der Waals surface area contributed by atoms with Crippen LogP contribution in [0, 0.1) is 35.5 Å². The van der Waals surface area contributed by atoms with Gasteiger partial charge in [-0.25, -0.2) is 4.79 Å². The van der Waals surface area contributed by atoms with Crippen molar-refractivity contribution in [3.63, 3.8) is 0 Å². The number of aliphatic hydroxyl groups is 3. The van der Waals surface area contributed by atoms with Crippen LogP contribution < -0.4 is 0 Å². The van der Waals surface area contributed by atoms with Gasteiger partial charge in [0.05, 0.1) is 24.4 Å². The average Bonchev–Trinajstić information content (AvgIpc) is 3.26. The number of Topliss-reactive ketones (excluding diaryl/α,β-unsaturated/α-hetero) is 3. The number of amides is 1. The smallest absolute Gasteiger partial charge is 0.329 e.